The Labute approximate surface area is 183 Å². The molecule has 2 N–H and O–H groups in total. The number of fused-ring (bicyclic) bond motifs is 1. The number of hydrogen-bond acceptors (Lipinski definition) is 7. The van der Waals surface area contributed by atoms with Crippen LogP contribution in [-0.4, -0.2) is 53.3 Å². The molecule has 0 unspecified atom stereocenters. The predicted molar refractivity (Wildman–Crippen MR) is 124 cm³/mol. The summed E-state index contributed by atoms with van der Waals surface area (Å²) in [6.45, 7) is 8.96. The second-order valence-electron chi connectivity index (χ2n) is 6.64. The van der Waals surface area contributed by atoms with Crippen molar-refractivity contribution in [3.8, 4) is 5.75 Å². The lowest BCUT2D eigenvalue weighted by Crippen LogP contribution is -2.25. The van der Waals surface area contributed by atoms with Crippen molar-refractivity contribution in [2.24, 2.45) is 0 Å². The molecule has 0 saturated heterocycles. The average Bonchev–Trinajstić information content (AvgIpc) is 3.08. The van der Waals surface area contributed by atoms with Gasteiger partial charge in [0.15, 0.2) is 5.16 Å². The summed E-state index contributed by atoms with van der Waals surface area (Å²) in [6, 6.07) is 7.21. The number of rotatable bonds is 9. The van der Waals surface area contributed by atoms with Crippen LogP contribution in [0.3, 0.4) is 0 Å². The maximum Gasteiger partial charge on any atom is 0.266 e. The predicted octanol–water partition coefficient (Wildman–Crippen LogP) is 3.99. The first kappa shape index (κ1) is 22.3. The fourth-order valence-corrected chi connectivity index (χ4v) is 5.15. The van der Waals surface area contributed by atoms with E-state index in [-0.39, 0.29) is 11.5 Å². The number of aryl methyl sites for hydroxylation is 1. The highest BCUT2D eigenvalue weighted by molar-refractivity contribution is 7.99. The van der Waals surface area contributed by atoms with Gasteiger partial charge in [-0.15, -0.1) is 11.3 Å². The molecule has 3 aromatic rings. The van der Waals surface area contributed by atoms with Gasteiger partial charge in [0.2, 0.25) is 0 Å². The van der Waals surface area contributed by atoms with Crippen molar-refractivity contribution in [1.82, 2.24) is 14.9 Å². The van der Waals surface area contributed by atoms with Crippen LogP contribution in [0.4, 0.5) is 5.69 Å². The molecular weight excluding hydrogens is 420 g/mol. The molecule has 2 heterocycles. The second-order valence-corrected chi connectivity index (χ2v) is 8.72. The number of benzene rings is 1. The lowest BCUT2D eigenvalue weighted by Gasteiger charge is -2.16. The summed E-state index contributed by atoms with van der Waals surface area (Å²) in [4.78, 5) is 36.3. The van der Waals surface area contributed by atoms with Gasteiger partial charge in [-0.25, -0.2) is 4.98 Å². The van der Waals surface area contributed by atoms with E-state index in [1.807, 2.05) is 12.1 Å². The van der Waals surface area contributed by atoms with Crippen molar-refractivity contribution in [3.05, 3.63) is 45.1 Å². The molecule has 1 amide bonds. The lowest BCUT2D eigenvalue weighted by atomic mass is 10.2. The minimum atomic E-state index is -0.282. The van der Waals surface area contributed by atoms with Gasteiger partial charge in [-0.3, -0.25) is 9.59 Å². The van der Waals surface area contributed by atoms with Gasteiger partial charge >= 0.3 is 0 Å². The van der Waals surface area contributed by atoms with Crippen molar-refractivity contribution in [2.75, 3.05) is 37.8 Å². The first-order valence-electron chi connectivity index (χ1n) is 9.81. The SMILES string of the molecule is CCN(CC)CCSc1nc2sc(C(=O)Nc3ccccc3OC)c(C)c2c(=O)[nH]1. The third-order valence-corrected chi connectivity index (χ3v) is 6.92. The van der Waals surface area contributed by atoms with Gasteiger partial charge in [0.25, 0.3) is 11.5 Å². The summed E-state index contributed by atoms with van der Waals surface area (Å²) >= 11 is 2.75. The molecule has 30 heavy (non-hydrogen) atoms. The highest BCUT2D eigenvalue weighted by atomic mass is 32.2. The number of amides is 1. The van der Waals surface area contributed by atoms with Gasteiger partial charge in [0.1, 0.15) is 10.6 Å². The quantitative estimate of drug-likeness (QED) is 0.382. The average molecular weight is 447 g/mol. The van der Waals surface area contributed by atoms with Crippen molar-refractivity contribution in [1.29, 1.82) is 0 Å². The monoisotopic (exact) mass is 446 g/mol. The van der Waals surface area contributed by atoms with Crippen LogP contribution in [0.15, 0.2) is 34.2 Å². The molecule has 0 aliphatic heterocycles. The van der Waals surface area contributed by atoms with Crippen molar-refractivity contribution in [3.63, 3.8) is 0 Å². The summed E-state index contributed by atoms with van der Waals surface area (Å²) in [6.07, 6.45) is 0. The van der Waals surface area contributed by atoms with Gasteiger partial charge in [0.05, 0.1) is 23.1 Å². The number of para-hydroxylation sites is 2. The molecule has 0 saturated carbocycles. The number of nitrogens with zero attached hydrogens (tertiary/aromatic N) is 2. The first-order chi connectivity index (χ1) is 14.5. The molecule has 2 aromatic heterocycles. The van der Waals surface area contributed by atoms with Crippen molar-refractivity contribution < 1.29 is 9.53 Å². The number of thioether (sulfide) groups is 1. The lowest BCUT2D eigenvalue weighted by molar-refractivity contribution is 0.102. The molecule has 9 heteroatoms. The van der Waals surface area contributed by atoms with E-state index in [9.17, 15) is 9.59 Å². The Bertz CT molecular complexity index is 1090. The van der Waals surface area contributed by atoms with Gasteiger partial charge in [-0.2, -0.15) is 0 Å². The summed E-state index contributed by atoms with van der Waals surface area (Å²) in [5.74, 6) is 1.13. The first-order valence-corrected chi connectivity index (χ1v) is 11.6. The highest BCUT2D eigenvalue weighted by Gasteiger charge is 2.20. The number of carbonyl (C=O) groups excluding carboxylic acids is 1. The molecule has 7 nitrogen and oxygen atoms in total. The van der Waals surface area contributed by atoms with Gasteiger partial charge in [-0.05, 0) is 37.7 Å². The third kappa shape index (κ3) is 4.85. The maximum atomic E-state index is 12.9. The van der Waals surface area contributed by atoms with E-state index >= 15 is 0 Å². The van der Waals surface area contributed by atoms with E-state index in [0.717, 1.165) is 25.4 Å². The zero-order valence-electron chi connectivity index (χ0n) is 17.6. The number of H-pyrrole nitrogens is 1. The normalized spacial score (nSPS) is 11.2. The van der Waals surface area contributed by atoms with E-state index < -0.39 is 0 Å². The molecular formula is C21H26N4O3S2. The number of thiophene rings is 1. The minimum Gasteiger partial charge on any atom is -0.495 e. The summed E-state index contributed by atoms with van der Waals surface area (Å²) in [7, 11) is 1.55. The Morgan fingerprint density at radius 2 is 2.03 bits per heavy atom. The van der Waals surface area contributed by atoms with Crippen LogP contribution in [0.5, 0.6) is 5.75 Å². The molecule has 0 aliphatic carbocycles. The number of methoxy groups -OCH3 is 1. The van der Waals surface area contributed by atoms with Crippen LogP contribution in [0.1, 0.15) is 29.1 Å². The highest BCUT2D eigenvalue weighted by Crippen LogP contribution is 2.30. The summed E-state index contributed by atoms with van der Waals surface area (Å²) < 4.78 is 5.29. The Morgan fingerprint density at radius 3 is 2.73 bits per heavy atom. The number of ether oxygens (including phenoxy) is 1. The van der Waals surface area contributed by atoms with Gasteiger partial charge < -0.3 is 19.9 Å². The van der Waals surface area contributed by atoms with Crippen LogP contribution in [0.2, 0.25) is 0 Å². The molecule has 3 rings (SSSR count). The van der Waals surface area contributed by atoms with Crippen LogP contribution in [0.25, 0.3) is 10.2 Å². The smallest absolute Gasteiger partial charge is 0.266 e. The van der Waals surface area contributed by atoms with E-state index in [0.29, 0.717) is 37.3 Å². The number of carbonyl (C=O) groups is 1. The molecule has 0 spiro atoms. The van der Waals surface area contributed by atoms with Crippen molar-refractivity contribution in [2.45, 2.75) is 25.9 Å². The summed E-state index contributed by atoms with van der Waals surface area (Å²) in [5.41, 5.74) is 1.00. The van der Waals surface area contributed by atoms with Crippen molar-refractivity contribution >= 4 is 44.9 Å². The minimum absolute atomic E-state index is 0.213. The van der Waals surface area contributed by atoms with E-state index in [1.165, 1.54) is 23.1 Å². The zero-order chi connectivity index (χ0) is 21.7. The molecule has 0 bridgehead atoms. The Kier molecular flexibility index (Phi) is 7.52. The molecule has 0 aliphatic rings. The van der Waals surface area contributed by atoms with Gasteiger partial charge in [0, 0.05) is 12.3 Å². The molecule has 0 atom stereocenters. The van der Waals surface area contributed by atoms with E-state index in [2.05, 4.69) is 34.0 Å². The summed E-state index contributed by atoms with van der Waals surface area (Å²) in [5, 5.41) is 3.92. The second kappa shape index (κ2) is 10.1. The Hall–Kier alpha value is -2.36. The largest absolute Gasteiger partial charge is 0.495 e. The Balaban J connectivity index is 1.83. The third-order valence-electron chi connectivity index (χ3n) is 4.88. The fourth-order valence-electron chi connectivity index (χ4n) is 3.15. The molecule has 160 valence electrons. The number of hydrogen-bond donors (Lipinski definition) is 2. The topological polar surface area (TPSA) is 87.3 Å². The molecule has 1 aromatic carbocycles. The van der Waals surface area contributed by atoms with E-state index in [1.54, 1.807) is 26.2 Å². The van der Waals surface area contributed by atoms with Gasteiger partial charge in [-0.1, -0.05) is 37.7 Å². The number of aromatic nitrogens is 2. The standard InChI is InChI=1S/C21H26N4O3S2/c1-5-25(6-2)11-12-29-21-23-18(26)16-13(3)17(30-20(16)24-21)19(27)22-14-9-7-8-10-15(14)28-4/h7-10H,5-6,11-12H2,1-4H3,(H,22,27)(H,23,24,26). The van der Waals surface area contributed by atoms with Crippen LogP contribution >= 0.6 is 23.1 Å². The number of aromatic amines is 1. The number of nitrogens with one attached hydrogen (secondary N) is 2. The fraction of sp³-hybridized carbons (Fsp3) is 0.381. The molecule has 0 fully saturated rings. The maximum absolute atomic E-state index is 12.9. The zero-order valence-corrected chi connectivity index (χ0v) is 19.2. The van der Waals surface area contributed by atoms with Crippen LogP contribution in [0, 0.1) is 6.92 Å². The van der Waals surface area contributed by atoms with Crippen LogP contribution in [-0.2, 0) is 0 Å². The number of anilines is 1. The molecule has 0 radical (unpaired) electrons. The Morgan fingerprint density at radius 1 is 1.30 bits per heavy atom. The van der Waals surface area contributed by atoms with Crippen LogP contribution < -0.4 is 15.6 Å². The van der Waals surface area contributed by atoms with E-state index in [4.69, 9.17) is 4.74 Å².